The molecule has 2 N–H and O–H groups in total. The summed E-state index contributed by atoms with van der Waals surface area (Å²) >= 11 is 0. The normalized spacial score (nSPS) is 17.8. The highest BCUT2D eigenvalue weighted by Crippen LogP contribution is 2.31. The van der Waals surface area contributed by atoms with E-state index >= 15 is 0 Å². The summed E-state index contributed by atoms with van der Waals surface area (Å²) in [6.07, 6.45) is 2.46. The molecule has 0 aromatic heterocycles. The quantitative estimate of drug-likeness (QED) is 0.644. The van der Waals surface area contributed by atoms with Gasteiger partial charge in [0.25, 0.3) is 5.91 Å². The molecule has 0 saturated carbocycles. The van der Waals surface area contributed by atoms with Crippen LogP contribution in [0.1, 0.15) is 27.9 Å². The number of amides is 1. The van der Waals surface area contributed by atoms with Crippen LogP contribution in [0.25, 0.3) is 0 Å². The molecule has 1 saturated heterocycles. The molecule has 2 aliphatic heterocycles. The van der Waals surface area contributed by atoms with Gasteiger partial charge in [0.05, 0.1) is 45.5 Å². The molecule has 4 rings (SSSR count). The van der Waals surface area contributed by atoms with E-state index in [0.717, 1.165) is 30.0 Å². The Morgan fingerprint density at radius 2 is 1.91 bits per heavy atom. The number of carboxylic acids is 1. The Kier molecular flexibility index (Phi) is 8.08. The van der Waals surface area contributed by atoms with Crippen molar-refractivity contribution in [2.45, 2.75) is 12.8 Å². The van der Waals surface area contributed by atoms with Gasteiger partial charge in [-0.3, -0.25) is 14.6 Å². The van der Waals surface area contributed by atoms with Crippen LogP contribution < -0.4 is 10.1 Å². The van der Waals surface area contributed by atoms with Gasteiger partial charge in [0, 0.05) is 17.2 Å². The zero-order chi connectivity index (χ0) is 21.6. The summed E-state index contributed by atoms with van der Waals surface area (Å²) in [5.74, 6) is -0.374. The number of aliphatic carboxylic acids is 1. The van der Waals surface area contributed by atoms with Gasteiger partial charge >= 0.3 is 5.97 Å². The van der Waals surface area contributed by atoms with E-state index in [1.54, 1.807) is 24.4 Å². The van der Waals surface area contributed by atoms with Crippen LogP contribution >= 0.6 is 12.4 Å². The third-order valence-corrected chi connectivity index (χ3v) is 5.30. The Morgan fingerprint density at radius 1 is 1.16 bits per heavy atom. The van der Waals surface area contributed by atoms with Gasteiger partial charge in [0.15, 0.2) is 0 Å². The SMILES string of the molecule is Cl.O=C(O)CC1COc2ccc(NC(=O)c3ccc(C=NN4CCOCC4)cc3)cc2C1. The zero-order valence-corrected chi connectivity index (χ0v) is 18.3. The number of hydrogen-bond acceptors (Lipinski definition) is 6. The molecule has 0 bridgehead atoms. The largest absolute Gasteiger partial charge is 0.493 e. The number of fused-ring (bicyclic) bond motifs is 1. The van der Waals surface area contributed by atoms with Crippen LogP contribution in [0.4, 0.5) is 5.69 Å². The summed E-state index contributed by atoms with van der Waals surface area (Å²) < 4.78 is 11.0. The average molecular weight is 460 g/mol. The van der Waals surface area contributed by atoms with E-state index < -0.39 is 5.97 Å². The molecule has 2 heterocycles. The van der Waals surface area contributed by atoms with Gasteiger partial charge in [0.2, 0.25) is 0 Å². The van der Waals surface area contributed by atoms with E-state index in [1.165, 1.54) is 0 Å². The molecule has 1 fully saturated rings. The molecular weight excluding hydrogens is 434 g/mol. The van der Waals surface area contributed by atoms with Crippen molar-refractivity contribution in [1.82, 2.24) is 5.01 Å². The topological polar surface area (TPSA) is 100 Å². The second-order valence-electron chi connectivity index (χ2n) is 7.69. The van der Waals surface area contributed by atoms with Crippen LogP contribution in [0.5, 0.6) is 5.75 Å². The second kappa shape index (κ2) is 11.0. The fraction of sp³-hybridized carbons (Fsp3) is 0.348. The molecule has 2 aromatic rings. The van der Waals surface area contributed by atoms with Gasteiger partial charge in [-0.1, -0.05) is 12.1 Å². The lowest BCUT2D eigenvalue weighted by Crippen LogP contribution is -2.32. The lowest BCUT2D eigenvalue weighted by atomic mass is 9.94. The van der Waals surface area contributed by atoms with Crippen LogP contribution in [-0.4, -0.2) is 61.1 Å². The smallest absolute Gasteiger partial charge is 0.303 e. The first-order valence-electron chi connectivity index (χ1n) is 10.3. The number of rotatable bonds is 6. The summed E-state index contributed by atoms with van der Waals surface area (Å²) in [7, 11) is 0. The Labute approximate surface area is 192 Å². The van der Waals surface area contributed by atoms with Crippen LogP contribution in [0.3, 0.4) is 0 Å². The monoisotopic (exact) mass is 459 g/mol. The Balaban J connectivity index is 0.00000289. The number of nitrogens with one attached hydrogen (secondary N) is 1. The van der Waals surface area contributed by atoms with E-state index in [9.17, 15) is 9.59 Å². The first kappa shape index (κ1) is 23.6. The van der Waals surface area contributed by atoms with E-state index in [2.05, 4.69) is 10.4 Å². The molecular formula is C23H26ClN3O5. The van der Waals surface area contributed by atoms with Gasteiger partial charge in [0.1, 0.15) is 5.75 Å². The highest BCUT2D eigenvalue weighted by Gasteiger charge is 2.22. The van der Waals surface area contributed by atoms with Crippen LogP contribution in [0, 0.1) is 5.92 Å². The maximum Gasteiger partial charge on any atom is 0.303 e. The zero-order valence-electron chi connectivity index (χ0n) is 17.5. The molecule has 2 aromatic carbocycles. The van der Waals surface area contributed by atoms with E-state index in [4.69, 9.17) is 14.6 Å². The number of anilines is 1. The molecule has 0 radical (unpaired) electrons. The fourth-order valence-electron chi connectivity index (χ4n) is 3.65. The minimum absolute atomic E-state index is 0. The third-order valence-electron chi connectivity index (χ3n) is 5.30. The van der Waals surface area contributed by atoms with Crippen molar-refractivity contribution < 1.29 is 24.2 Å². The summed E-state index contributed by atoms with van der Waals surface area (Å²) in [6.45, 7) is 3.32. The van der Waals surface area contributed by atoms with Crippen molar-refractivity contribution in [3.8, 4) is 5.75 Å². The summed E-state index contributed by atoms with van der Waals surface area (Å²) in [5.41, 5.74) is 3.02. The van der Waals surface area contributed by atoms with Gasteiger partial charge in [-0.15, -0.1) is 12.4 Å². The average Bonchev–Trinajstić information content (AvgIpc) is 2.78. The standard InChI is InChI=1S/C23H25N3O5.ClH/c27-22(28)12-17-11-19-13-20(5-6-21(19)31-15-17)25-23(29)18-3-1-16(2-4-18)14-24-26-7-9-30-10-8-26;/h1-6,13-14,17H,7-12,15H2,(H,25,29)(H,27,28);1H. The van der Waals surface area contributed by atoms with Crippen LogP contribution in [0.2, 0.25) is 0 Å². The molecule has 1 amide bonds. The number of hydrazone groups is 1. The molecule has 170 valence electrons. The van der Waals surface area contributed by atoms with Crippen molar-refractivity contribution >= 4 is 36.2 Å². The lowest BCUT2D eigenvalue weighted by molar-refractivity contribution is -0.138. The van der Waals surface area contributed by atoms with Gasteiger partial charge < -0.3 is 19.9 Å². The molecule has 0 spiro atoms. The number of carbonyl (C=O) groups is 2. The predicted molar refractivity (Wildman–Crippen MR) is 123 cm³/mol. The molecule has 8 nitrogen and oxygen atoms in total. The van der Waals surface area contributed by atoms with E-state index in [0.29, 0.717) is 37.5 Å². The summed E-state index contributed by atoms with van der Waals surface area (Å²) in [6, 6.07) is 12.7. The number of carbonyl (C=O) groups excluding carboxylic acids is 1. The van der Waals surface area contributed by atoms with Gasteiger partial charge in [-0.25, -0.2) is 0 Å². The van der Waals surface area contributed by atoms with Crippen LogP contribution in [0.15, 0.2) is 47.6 Å². The van der Waals surface area contributed by atoms with Crippen molar-refractivity contribution in [1.29, 1.82) is 0 Å². The van der Waals surface area contributed by atoms with Crippen molar-refractivity contribution in [2.75, 3.05) is 38.2 Å². The van der Waals surface area contributed by atoms with Gasteiger partial charge in [-0.05, 0) is 47.9 Å². The number of carboxylic acid groups (broad SMARTS) is 1. The lowest BCUT2D eigenvalue weighted by Gasteiger charge is -2.24. The van der Waals surface area contributed by atoms with E-state index in [1.807, 2.05) is 29.3 Å². The summed E-state index contributed by atoms with van der Waals surface area (Å²) in [5, 5.41) is 18.3. The molecule has 1 atom stereocenters. The Morgan fingerprint density at radius 3 is 2.62 bits per heavy atom. The number of halogens is 1. The minimum atomic E-state index is -0.833. The Hall–Kier alpha value is -3.10. The maximum atomic E-state index is 12.6. The molecule has 2 aliphatic rings. The molecule has 0 aliphatic carbocycles. The molecule has 9 heteroatoms. The maximum absolute atomic E-state index is 12.6. The third kappa shape index (κ3) is 6.21. The van der Waals surface area contributed by atoms with Crippen molar-refractivity contribution in [3.63, 3.8) is 0 Å². The molecule has 32 heavy (non-hydrogen) atoms. The number of nitrogens with zero attached hydrogens (tertiary/aromatic N) is 2. The highest BCUT2D eigenvalue weighted by atomic mass is 35.5. The minimum Gasteiger partial charge on any atom is -0.493 e. The predicted octanol–water partition coefficient (Wildman–Crippen LogP) is 3.05. The second-order valence-corrected chi connectivity index (χ2v) is 7.69. The number of hydrogen-bond donors (Lipinski definition) is 2. The van der Waals surface area contributed by atoms with Crippen LogP contribution in [-0.2, 0) is 16.0 Å². The summed E-state index contributed by atoms with van der Waals surface area (Å²) in [4.78, 5) is 23.6. The van der Waals surface area contributed by atoms with E-state index in [-0.39, 0.29) is 30.7 Å². The first-order valence-corrected chi connectivity index (χ1v) is 10.3. The molecule has 1 unspecified atom stereocenters. The van der Waals surface area contributed by atoms with Crippen molar-refractivity contribution in [3.05, 3.63) is 59.2 Å². The first-order chi connectivity index (χ1) is 15.1. The Bertz CT molecular complexity index is 974. The fourth-order valence-corrected chi connectivity index (χ4v) is 3.65. The highest BCUT2D eigenvalue weighted by molar-refractivity contribution is 6.04. The number of morpholine rings is 1. The van der Waals surface area contributed by atoms with Crippen molar-refractivity contribution in [2.24, 2.45) is 11.0 Å². The number of ether oxygens (including phenoxy) is 2. The van der Waals surface area contributed by atoms with Gasteiger partial charge in [-0.2, -0.15) is 5.10 Å². The number of benzene rings is 2.